The number of aromatic nitrogens is 1. The lowest BCUT2D eigenvalue weighted by Crippen LogP contribution is -1.92. The molecule has 0 aliphatic carbocycles. The average Bonchev–Trinajstić information content (AvgIpc) is 2.69. The lowest BCUT2D eigenvalue weighted by atomic mass is 10.2. The SMILES string of the molecule is Cc1ccc(N=Cc2cc3ccccc3nc2Sc2ccc(C)cc2)cc1. The molecule has 27 heavy (non-hydrogen) atoms. The second-order valence-corrected chi connectivity index (χ2v) is 7.65. The van der Waals surface area contributed by atoms with Crippen molar-refractivity contribution in [3.63, 3.8) is 0 Å². The lowest BCUT2D eigenvalue weighted by molar-refractivity contribution is 1.17. The highest BCUT2D eigenvalue weighted by atomic mass is 32.2. The lowest BCUT2D eigenvalue weighted by Gasteiger charge is -2.08. The van der Waals surface area contributed by atoms with Gasteiger partial charge in [0.15, 0.2) is 0 Å². The number of aliphatic imine (C=N–C) groups is 1. The number of rotatable bonds is 4. The molecule has 132 valence electrons. The second kappa shape index (κ2) is 7.77. The average molecular weight is 369 g/mol. The number of fused-ring (bicyclic) bond motifs is 1. The summed E-state index contributed by atoms with van der Waals surface area (Å²) in [5, 5.41) is 2.09. The predicted molar refractivity (Wildman–Crippen MR) is 115 cm³/mol. The number of aryl methyl sites for hydroxylation is 2. The van der Waals surface area contributed by atoms with Crippen molar-refractivity contribution < 1.29 is 0 Å². The molecule has 0 saturated carbocycles. The van der Waals surface area contributed by atoms with Gasteiger partial charge in [-0.2, -0.15) is 0 Å². The van der Waals surface area contributed by atoms with E-state index in [4.69, 9.17) is 4.98 Å². The number of nitrogens with zero attached hydrogens (tertiary/aromatic N) is 2. The van der Waals surface area contributed by atoms with Gasteiger partial charge in [0.2, 0.25) is 0 Å². The van der Waals surface area contributed by atoms with E-state index in [1.807, 2.05) is 30.5 Å². The Balaban J connectivity index is 1.74. The van der Waals surface area contributed by atoms with Crippen molar-refractivity contribution in [3.8, 4) is 0 Å². The van der Waals surface area contributed by atoms with E-state index in [-0.39, 0.29) is 0 Å². The molecule has 0 aliphatic rings. The van der Waals surface area contributed by atoms with Crippen molar-refractivity contribution in [1.29, 1.82) is 0 Å². The van der Waals surface area contributed by atoms with Gasteiger partial charge >= 0.3 is 0 Å². The summed E-state index contributed by atoms with van der Waals surface area (Å²) < 4.78 is 0. The van der Waals surface area contributed by atoms with E-state index in [9.17, 15) is 0 Å². The molecule has 3 aromatic carbocycles. The molecule has 0 spiro atoms. The molecular weight excluding hydrogens is 348 g/mol. The van der Waals surface area contributed by atoms with E-state index < -0.39 is 0 Å². The van der Waals surface area contributed by atoms with Crippen LogP contribution in [0, 0.1) is 13.8 Å². The van der Waals surface area contributed by atoms with E-state index in [0.717, 1.165) is 27.2 Å². The van der Waals surface area contributed by atoms with Crippen LogP contribution in [-0.2, 0) is 0 Å². The van der Waals surface area contributed by atoms with E-state index in [2.05, 4.69) is 73.4 Å². The molecule has 4 rings (SSSR count). The monoisotopic (exact) mass is 368 g/mol. The normalized spacial score (nSPS) is 11.3. The molecule has 2 nitrogen and oxygen atoms in total. The molecule has 0 aliphatic heterocycles. The summed E-state index contributed by atoms with van der Waals surface area (Å²) in [6, 6.07) is 27.1. The summed E-state index contributed by atoms with van der Waals surface area (Å²) >= 11 is 1.67. The highest BCUT2D eigenvalue weighted by Crippen LogP contribution is 2.31. The summed E-state index contributed by atoms with van der Waals surface area (Å²) in [6.07, 6.45) is 1.92. The first kappa shape index (κ1) is 17.5. The first-order valence-electron chi connectivity index (χ1n) is 8.92. The summed E-state index contributed by atoms with van der Waals surface area (Å²) in [7, 11) is 0. The van der Waals surface area contributed by atoms with Gasteiger partial charge in [0.1, 0.15) is 5.03 Å². The molecule has 0 radical (unpaired) electrons. The van der Waals surface area contributed by atoms with Gasteiger partial charge in [-0.25, -0.2) is 4.98 Å². The van der Waals surface area contributed by atoms with Crippen LogP contribution in [0.2, 0.25) is 0 Å². The van der Waals surface area contributed by atoms with Crippen molar-refractivity contribution >= 4 is 34.6 Å². The van der Waals surface area contributed by atoms with Gasteiger partial charge in [0, 0.05) is 22.1 Å². The van der Waals surface area contributed by atoms with Crippen LogP contribution in [0.3, 0.4) is 0 Å². The Morgan fingerprint density at radius 2 is 1.48 bits per heavy atom. The topological polar surface area (TPSA) is 25.2 Å². The Hall–Kier alpha value is -2.91. The van der Waals surface area contributed by atoms with Crippen LogP contribution in [-0.4, -0.2) is 11.2 Å². The maximum absolute atomic E-state index is 4.89. The molecule has 0 fully saturated rings. The number of para-hydroxylation sites is 1. The van der Waals surface area contributed by atoms with Crippen LogP contribution in [0.15, 0.2) is 93.8 Å². The van der Waals surface area contributed by atoms with Crippen molar-refractivity contribution in [2.45, 2.75) is 23.8 Å². The zero-order chi connectivity index (χ0) is 18.6. The molecular formula is C24H20N2S. The molecule has 0 saturated heterocycles. The zero-order valence-electron chi connectivity index (χ0n) is 15.4. The molecule has 0 bridgehead atoms. The first-order chi connectivity index (χ1) is 13.2. The third-order valence-electron chi connectivity index (χ3n) is 4.34. The summed E-state index contributed by atoms with van der Waals surface area (Å²) in [6.45, 7) is 4.18. The van der Waals surface area contributed by atoms with Crippen LogP contribution in [0.4, 0.5) is 5.69 Å². The standard InChI is InChI=1S/C24H20N2S/c1-17-7-11-21(12-8-17)25-16-20-15-19-5-3-4-6-23(19)26-24(20)27-22-13-9-18(2)10-14-22/h3-16H,1-2H3. The summed E-state index contributed by atoms with van der Waals surface area (Å²) in [4.78, 5) is 10.7. The summed E-state index contributed by atoms with van der Waals surface area (Å²) in [5.41, 5.74) is 5.46. The van der Waals surface area contributed by atoms with E-state index in [0.29, 0.717) is 0 Å². The van der Waals surface area contributed by atoms with Crippen molar-refractivity contribution in [1.82, 2.24) is 4.98 Å². The molecule has 0 atom stereocenters. The molecule has 1 aromatic heterocycles. The van der Waals surface area contributed by atoms with Gasteiger partial charge < -0.3 is 0 Å². The fourth-order valence-electron chi connectivity index (χ4n) is 2.78. The van der Waals surface area contributed by atoms with E-state index in [1.165, 1.54) is 16.0 Å². The Labute approximate surface area is 164 Å². The minimum Gasteiger partial charge on any atom is -0.256 e. The fourth-order valence-corrected chi connectivity index (χ4v) is 3.65. The number of hydrogen-bond donors (Lipinski definition) is 0. The zero-order valence-corrected chi connectivity index (χ0v) is 16.2. The molecule has 0 unspecified atom stereocenters. The minimum atomic E-state index is 0.944. The molecule has 3 heteroatoms. The largest absolute Gasteiger partial charge is 0.256 e. The first-order valence-corrected chi connectivity index (χ1v) is 9.74. The molecule has 0 amide bonds. The Kier molecular flexibility index (Phi) is 5.03. The van der Waals surface area contributed by atoms with Crippen LogP contribution < -0.4 is 0 Å². The van der Waals surface area contributed by atoms with Crippen LogP contribution >= 0.6 is 11.8 Å². The molecule has 0 N–H and O–H groups in total. The van der Waals surface area contributed by atoms with Crippen LogP contribution in [0.1, 0.15) is 16.7 Å². The van der Waals surface area contributed by atoms with Gasteiger partial charge in [-0.3, -0.25) is 4.99 Å². The van der Waals surface area contributed by atoms with Gasteiger partial charge in [-0.15, -0.1) is 0 Å². The number of pyridine rings is 1. The van der Waals surface area contributed by atoms with E-state index in [1.54, 1.807) is 11.8 Å². The van der Waals surface area contributed by atoms with Gasteiger partial charge in [-0.05, 0) is 50.2 Å². The Morgan fingerprint density at radius 3 is 2.22 bits per heavy atom. The molecule has 1 heterocycles. The van der Waals surface area contributed by atoms with Crippen LogP contribution in [0.5, 0.6) is 0 Å². The van der Waals surface area contributed by atoms with Gasteiger partial charge in [-0.1, -0.05) is 65.4 Å². The Bertz CT molecular complexity index is 1100. The third kappa shape index (κ3) is 4.26. The third-order valence-corrected chi connectivity index (χ3v) is 5.37. The fraction of sp³-hybridized carbons (Fsp3) is 0.0833. The number of benzene rings is 3. The maximum atomic E-state index is 4.89. The van der Waals surface area contributed by atoms with Crippen molar-refractivity contribution in [2.24, 2.45) is 4.99 Å². The number of hydrogen-bond acceptors (Lipinski definition) is 3. The highest BCUT2D eigenvalue weighted by molar-refractivity contribution is 7.99. The van der Waals surface area contributed by atoms with E-state index >= 15 is 0 Å². The smallest absolute Gasteiger partial charge is 0.110 e. The van der Waals surface area contributed by atoms with Crippen LogP contribution in [0.25, 0.3) is 10.9 Å². The van der Waals surface area contributed by atoms with Crippen molar-refractivity contribution in [2.75, 3.05) is 0 Å². The molecule has 4 aromatic rings. The second-order valence-electron chi connectivity index (χ2n) is 6.58. The maximum Gasteiger partial charge on any atom is 0.110 e. The Morgan fingerprint density at radius 1 is 0.815 bits per heavy atom. The minimum absolute atomic E-state index is 0.944. The van der Waals surface area contributed by atoms with Gasteiger partial charge in [0.05, 0.1) is 11.2 Å². The van der Waals surface area contributed by atoms with Gasteiger partial charge in [0.25, 0.3) is 0 Å². The highest BCUT2D eigenvalue weighted by Gasteiger charge is 2.08. The van der Waals surface area contributed by atoms with Crippen molar-refractivity contribution in [3.05, 3.63) is 95.6 Å². The quantitative estimate of drug-likeness (QED) is 0.372. The predicted octanol–water partition coefficient (Wildman–Crippen LogP) is 6.75. The summed E-state index contributed by atoms with van der Waals surface area (Å²) in [5.74, 6) is 0.